The van der Waals surface area contributed by atoms with Crippen molar-refractivity contribution in [1.82, 2.24) is 10.3 Å². The van der Waals surface area contributed by atoms with E-state index < -0.39 is 0 Å². The maximum atomic E-state index is 9.27. The minimum atomic E-state index is -0.318. The molecular weight excluding hydrogens is 232 g/mol. The fourth-order valence-corrected chi connectivity index (χ4v) is 2.06. The van der Waals surface area contributed by atoms with E-state index in [9.17, 15) is 5.11 Å². The zero-order valence-electron chi connectivity index (χ0n) is 11.8. The molecule has 0 aromatic carbocycles. The highest BCUT2D eigenvalue weighted by atomic mass is 16.5. The van der Waals surface area contributed by atoms with Gasteiger partial charge in [-0.2, -0.15) is 0 Å². The fraction of sp³-hybridized carbons (Fsp3) is 0.917. The topological polar surface area (TPSA) is 83.1 Å². The van der Waals surface area contributed by atoms with Crippen molar-refractivity contribution < 1.29 is 9.84 Å². The van der Waals surface area contributed by atoms with Crippen LogP contribution in [0.1, 0.15) is 27.7 Å². The summed E-state index contributed by atoms with van der Waals surface area (Å²) in [4.78, 5) is 6.50. The number of morpholine rings is 1. The summed E-state index contributed by atoms with van der Waals surface area (Å²) in [6, 6.07) is 0. The average Bonchev–Trinajstić information content (AvgIpc) is 2.27. The van der Waals surface area contributed by atoms with Crippen molar-refractivity contribution >= 4 is 5.96 Å². The molecule has 0 amide bonds. The zero-order chi connectivity index (χ0) is 13.8. The van der Waals surface area contributed by atoms with Crippen molar-refractivity contribution in [2.24, 2.45) is 16.8 Å². The second-order valence-corrected chi connectivity index (χ2v) is 5.77. The Morgan fingerprint density at radius 2 is 2.28 bits per heavy atom. The summed E-state index contributed by atoms with van der Waals surface area (Å²) in [5.41, 5.74) is 2.33. The molecule has 0 radical (unpaired) electrons. The predicted molar refractivity (Wildman–Crippen MR) is 72.1 cm³/mol. The molecule has 1 aliphatic heterocycles. The lowest BCUT2D eigenvalue weighted by molar-refractivity contribution is -0.135. The lowest BCUT2D eigenvalue weighted by atomic mass is 10.1. The summed E-state index contributed by atoms with van der Waals surface area (Å²) in [5.74, 6) is 6.69. The number of nitrogens with one attached hydrogen (secondary N) is 1. The second-order valence-electron chi connectivity index (χ2n) is 5.77. The van der Waals surface area contributed by atoms with Crippen LogP contribution in [0.2, 0.25) is 0 Å². The standard InChI is InChI=1S/C12H26N4O2/c1-9(2)5-14-11(15-13)16-6-10(7-17)18-12(3,4)8-16/h9-10,17H,5-8,13H2,1-4H3,(H,14,15). The molecule has 1 aliphatic rings. The second kappa shape index (κ2) is 6.36. The number of nitrogens with two attached hydrogens (primary N) is 1. The fourth-order valence-electron chi connectivity index (χ4n) is 2.06. The molecule has 0 bridgehead atoms. The van der Waals surface area contributed by atoms with Gasteiger partial charge in [0.15, 0.2) is 0 Å². The van der Waals surface area contributed by atoms with Crippen molar-refractivity contribution in [3.05, 3.63) is 0 Å². The molecule has 1 atom stereocenters. The third-order valence-electron chi connectivity index (χ3n) is 2.72. The van der Waals surface area contributed by atoms with Crippen LogP contribution in [-0.2, 0) is 4.74 Å². The zero-order valence-corrected chi connectivity index (χ0v) is 11.8. The maximum absolute atomic E-state index is 9.27. The third-order valence-corrected chi connectivity index (χ3v) is 2.72. The van der Waals surface area contributed by atoms with Crippen molar-refractivity contribution in [3.63, 3.8) is 0 Å². The molecule has 1 fully saturated rings. The van der Waals surface area contributed by atoms with E-state index in [0.717, 1.165) is 6.54 Å². The molecule has 1 saturated heterocycles. The van der Waals surface area contributed by atoms with Crippen LogP contribution in [0.25, 0.3) is 0 Å². The van der Waals surface area contributed by atoms with Gasteiger partial charge in [0.25, 0.3) is 0 Å². The number of hydrazine groups is 1. The number of aliphatic hydroxyl groups excluding tert-OH is 1. The lowest BCUT2D eigenvalue weighted by Gasteiger charge is -2.43. The first-order valence-corrected chi connectivity index (χ1v) is 6.42. The summed E-state index contributed by atoms with van der Waals surface area (Å²) in [6.07, 6.45) is -0.202. The van der Waals surface area contributed by atoms with Crippen molar-refractivity contribution in [2.75, 3.05) is 26.2 Å². The van der Waals surface area contributed by atoms with Gasteiger partial charge in [-0.05, 0) is 19.8 Å². The normalized spacial score (nSPS) is 24.5. The Bertz CT molecular complexity index is 292. The van der Waals surface area contributed by atoms with Crippen molar-refractivity contribution in [1.29, 1.82) is 0 Å². The molecule has 6 nitrogen and oxygen atoms in total. The number of hydrogen-bond acceptors (Lipinski definition) is 4. The van der Waals surface area contributed by atoms with Gasteiger partial charge < -0.3 is 14.7 Å². The highest BCUT2D eigenvalue weighted by Crippen LogP contribution is 2.20. The molecule has 4 N–H and O–H groups in total. The van der Waals surface area contributed by atoms with Gasteiger partial charge in [0.1, 0.15) is 0 Å². The quantitative estimate of drug-likeness (QED) is 0.286. The molecule has 0 spiro atoms. The van der Waals surface area contributed by atoms with Gasteiger partial charge in [-0.1, -0.05) is 13.8 Å². The number of nitrogens with zero attached hydrogens (tertiary/aromatic N) is 2. The van der Waals surface area contributed by atoms with Crippen LogP contribution in [0.3, 0.4) is 0 Å². The molecule has 1 heterocycles. The molecule has 106 valence electrons. The first-order chi connectivity index (χ1) is 8.38. The molecule has 6 heteroatoms. The average molecular weight is 258 g/mol. The van der Waals surface area contributed by atoms with Crippen LogP contribution in [0.4, 0.5) is 0 Å². The van der Waals surface area contributed by atoms with Crippen LogP contribution in [0, 0.1) is 5.92 Å². The number of aliphatic imine (C=N–C) groups is 1. The molecule has 0 aromatic rings. The van der Waals surface area contributed by atoms with E-state index in [2.05, 4.69) is 24.3 Å². The minimum absolute atomic E-state index is 0.00195. The van der Waals surface area contributed by atoms with Crippen molar-refractivity contribution in [3.8, 4) is 0 Å². The largest absolute Gasteiger partial charge is 0.394 e. The first kappa shape index (κ1) is 15.2. The van der Waals surface area contributed by atoms with E-state index in [-0.39, 0.29) is 18.3 Å². The number of hydrogen-bond donors (Lipinski definition) is 3. The Morgan fingerprint density at radius 3 is 2.78 bits per heavy atom. The van der Waals surface area contributed by atoms with Crippen LogP contribution in [0.15, 0.2) is 4.99 Å². The Morgan fingerprint density at radius 1 is 1.61 bits per heavy atom. The van der Waals surface area contributed by atoms with Crippen molar-refractivity contribution in [2.45, 2.75) is 39.4 Å². The Labute approximate surface area is 109 Å². The third kappa shape index (κ3) is 4.44. The number of aliphatic hydroxyl groups is 1. The highest BCUT2D eigenvalue weighted by molar-refractivity contribution is 5.79. The van der Waals surface area contributed by atoms with E-state index >= 15 is 0 Å². The molecule has 18 heavy (non-hydrogen) atoms. The highest BCUT2D eigenvalue weighted by Gasteiger charge is 2.34. The first-order valence-electron chi connectivity index (χ1n) is 6.42. The minimum Gasteiger partial charge on any atom is -0.394 e. The number of ether oxygens (including phenoxy) is 1. The van der Waals surface area contributed by atoms with Gasteiger partial charge in [-0.15, -0.1) is 0 Å². The van der Waals surface area contributed by atoms with Crippen LogP contribution in [-0.4, -0.2) is 53.9 Å². The van der Waals surface area contributed by atoms with E-state index in [1.54, 1.807) is 0 Å². The SMILES string of the molecule is CC(C)CN=C(NN)N1CC(CO)OC(C)(C)C1. The van der Waals surface area contributed by atoms with E-state index in [1.165, 1.54) is 0 Å². The summed E-state index contributed by atoms with van der Waals surface area (Å²) in [6.45, 7) is 10.2. The predicted octanol–water partition coefficient (Wildman–Crippen LogP) is -0.0666. The van der Waals surface area contributed by atoms with Crippen LogP contribution in [0.5, 0.6) is 0 Å². The Balaban J connectivity index is 2.75. The van der Waals surface area contributed by atoms with Crippen LogP contribution >= 0.6 is 0 Å². The summed E-state index contributed by atoms with van der Waals surface area (Å²) < 4.78 is 5.76. The molecular formula is C12H26N4O2. The Hall–Kier alpha value is -0.850. The lowest BCUT2D eigenvalue weighted by Crippen LogP contribution is -2.59. The van der Waals surface area contributed by atoms with Gasteiger partial charge in [0.05, 0.1) is 18.3 Å². The van der Waals surface area contributed by atoms with Gasteiger partial charge in [0, 0.05) is 19.6 Å². The summed E-state index contributed by atoms with van der Waals surface area (Å²) >= 11 is 0. The van der Waals surface area contributed by atoms with Gasteiger partial charge in [0.2, 0.25) is 5.96 Å². The van der Waals surface area contributed by atoms with Gasteiger partial charge in [-0.3, -0.25) is 10.4 Å². The molecule has 1 unspecified atom stereocenters. The van der Waals surface area contributed by atoms with E-state index in [0.29, 0.717) is 25.0 Å². The Kier molecular flexibility index (Phi) is 5.37. The molecule has 0 aromatic heterocycles. The monoisotopic (exact) mass is 258 g/mol. The summed E-state index contributed by atoms with van der Waals surface area (Å²) in [5, 5.41) is 9.27. The maximum Gasteiger partial charge on any atom is 0.208 e. The van der Waals surface area contributed by atoms with Gasteiger partial charge >= 0.3 is 0 Å². The summed E-state index contributed by atoms with van der Waals surface area (Å²) in [7, 11) is 0. The molecule has 0 aliphatic carbocycles. The smallest absolute Gasteiger partial charge is 0.208 e. The van der Waals surface area contributed by atoms with E-state index in [1.807, 2.05) is 18.7 Å². The number of guanidine groups is 1. The number of rotatable bonds is 3. The van der Waals surface area contributed by atoms with Gasteiger partial charge in [-0.25, -0.2) is 5.84 Å². The van der Waals surface area contributed by atoms with E-state index in [4.69, 9.17) is 10.6 Å². The van der Waals surface area contributed by atoms with Crippen LogP contribution < -0.4 is 11.3 Å². The molecule has 0 saturated carbocycles. The molecule has 1 rings (SSSR count).